The van der Waals surface area contributed by atoms with Gasteiger partial charge in [0.15, 0.2) is 0 Å². The number of aliphatic hydroxyl groups excluding tert-OH is 1. The third-order valence-corrected chi connectivity index (χ3v) is 8.81. The summed E-state index contributed by atoms with van der Waals surface area (Å²) in [5.41, 5.74) is 0. The fourth-order valence-electron chi connectivity index (χ4n) is 5.57. The predicted octanol–water partition coefficient (Wildman–Crippen LogP) is 7.63. The standard InChI is InChI=1S/C29H51NO8.C10H20O2/c1-4-6-8-10-12-14-16-27(33)36-21-24(22-37-28(34)17-15-13-11-9-7-5-2)18-29(35)38-26-20-30(23(3)31)19-25(26)32;1-3-4-5-6-7-8-9-10(11)12-2/h24-26,32H,4-22H2,1-3H3;3-9H2,1-2H3. The number of nitrogens with zero attached hydrogens (tertiary/aromatic N) is 1. The Balaban J connectivity index is 0.00000169. The molecule has 0 aromatic rings. The predicted molar refractivity (Wildman–Crippen MR) is 194 cm³/mol. The van der Waals surface area contributed by atoms with Crippen LogP contribution in [0, 0.1) is 5.92 Å². The van der Waals surface area contributed by atoms with Gasteiger partial charge in [-0.15, -0.1) is 0 Å². The van der Waals surface area contributed by atoms with E-state index in [9.17, 15) is 29.1 Å². The first-order chi connectivity index (χ1) is 24.1. The van der Waals surface area contributed by atoms with E-state index in [0.717, 1.165) is 51.4 Å². The maximum absolute atomic E-state index is 12.6. The van der Waals surface area contributed by atoms with Crippen LogP contribution in [0.15, 0.2) is 0 Å². The van der Waals surface area contributed by atoms with Crippen molar-refractivity contribution in [3.8, 4) is 0 Å². The normalized spacial score (nSPS) is 15.3. The molecule has 2 atom stereocenters. The summed E-state index contributed by atoms with van der Waals surface area (Å²) in [6.07, 6.45) is 19.4. The Morgan fingerprint density at radius 3 is 1.38 bits per heavy atom. The van der Waals surface area contributed by atoms with Crippen molar-refractivity contribution in [2.45, 2.75) is 181 Å². The number of hydrogen-bond acceptors (Lipinski definition) is 10. The largest absolute Gasteiger partial charge is 0.469 e. The van der Waals surface area contributed by atoms with Crippen molar-refractivity contribution in [1.82, 2.24) is 4.90 Å². The zero-order valence-electron chi connectivity index (χ0n) is 32.2. The molecule has 0 aromatic heterocycles. The van der Waals surface area contributed by atoms with Crippen LogP contribution < -0.4 is 0 Å². The van der Waals surface area contributed by atoms with Crippen molar-refractivity contribution < 1.29 is 48.0 Å². The molecule has 1 amide bonds. The number of amides is 1. The van der Waals surface area contributed by atoms with E-state index in [0.29, 0.717) is 19.3 Å². The van der Waals surface area contributed by atoms with E-state index < -0.39 is 24.1 Å². The fraction of sp³-hybridized carbons (Fsp3) is 0.872. The monoisotopic (exact) mass is 714 g/mol. The molecule has 1 rings (SSSR count). The first kappa shape index (κ1) is 47.3. The number of esters is 4. The van der Waals surface area contributed by atoms with Gasteiger partial charge in [-0.1, -0.05) is 117 Å². The Labute approximate surface area is 302 Å². The maximum atomic E-state index is 12.6. The first-order valence-electron chi connectivity index (χ1n) is 19.6. The molecule has 11 nitrogen and oxygen atoms in total. The number of aliphatic hydroxyl groups is 1. The SMILES string of the molecule is CCCCCCCCC(=O)OC.CCCCCCCCC(=O)OCC(COC(=O)CCCCCCCC)CC(=O)OC1CN(C(C)=O)CC1O. The third kappa shape index (κ3) is 27.1. The lowest BCUT2D eigenvalue weighted by atomic mass is 10.1. The smallest absolute Gasteiger partial charge is 0.306 e. The van der Waals surface area contributed by atoms with Gasteiger partial charge in [0.1, 0.15) is 12.2 Å². The van der Waals surface area contributed by atoms with E-state index in [1.807, 2.05) is 0 Å². The molecule has 1 fully saturated rings. The van der Waals surface area contributed by atoms with Gasteiger partial charge in [-0.05, 0) is 19.3 Å². The van der Waals surface area contributed by atoms with E-state index in [1.165, 1.54) is 83.1 Å². The van der Waals surface area contributed by atoms with Crippen molar-refractivity contribution in [2.24, 2.45) is 5.92 Å². The van der Waals surface area contributed by atoms with E-state index in [1.54, 1.807) is 0 Å². The van der Waals surface area contributed by atoms with E-state index >= 15 is 0 Å². The highest BCUT2D eigenvalue weighted by Gasteiger charge is 2.36. The second-order valence-corrected chi connectivity index (χ2v) is 13.6. The second-order valence-electron chi connectivity index (χ2n) is 13.6. The number of β-amino-alcohol motifs (C(OH)–C–C–N with tert-alkyl or cyclic N) is 1. The Kier molecular flexibility index (Phi) is 30.5. The van der Waals surface area contributed by atoms with Crippen molar-refractivity contribution in [3.05, 3.63) is 0 Å². The number of unbranched alkanes of at least 4 members (excludes halogenated alkanes) is 15. The average Bonchev–Trinajstić information content (AvgIpc) is 3.46. The number of ether oxygens (including phenoxy) is 4. The van der Waals surface area contributed by atoms with Crippen molar-refractivity contribution in [3.63, 3.8) is 0 Å². The minimum absolute atomic E-state index is 0.0547. The van der Waals surface area contributed by atoms with E-state index in [-0.39, 0.29) is 56.5 Å². The minimum Gasteiger partial charge on any atom is -0.469 e. The van der Waals surface area contributed by atoms with Crippen LogP contribution in [0.25, 0.3) is 0 Å². The van der Waals surface area contributed by atoms with Gasteiger partial charge < -0.3 is 29.0 Å². The van der Waals surface area contributed by atoms with Crippen LogP contribution in [0.2, 0.25) is 0 Å². The Morgan fingerprint density at radius 2 is 1.00 bits per heavy atom. The molecule has 0 saturated carbocycles. The molecule has 0 aromatic carbocycles. The zero-order valence-corrected chi connectivity index (χ0v) is 32.2. The topological polar surface area (TPSA) is 146 Å². The van der Waals surface area contributed by atoms with Crippen LogP contribution in [0.5, 0.6) is 0 Å². The van der Waals surface area contributed by atoms with E-state index in [4.69, 9.17) is 14.2 Å². The lowest BCUT2D eigenvalue weighted by molar-refractivity contribution is -0.159. The van der Waals surface area contributed by atoms with Crippen LogP contribution in [0.3, 0.4) is 0 Å². The van der Waals surface area contributed by atoms with Crippen molar-refractivity contribution in [2.75, 3.05) is 33.4 Å². The molecule has 2 unspecified atom stereocenters. The summed E-state index contributed by atoms with van der Waals surface area (Å²) in [4.78, 5) is 60.7. The number of hydrogen-bond donors (Lipinski definition) is 1. The molecule has 1 saturated heterocycles. The highest BCUT2D eigenvalue weighted by atomic mass is 16.6. The summed E-state index contributed by atoms with van der Waals surface area (Å²) >= 11 is 0. The quantitative estimate of drug-likeness (QED) is 0.0488. The molecule has 0 radical (unpaired) electrons. The minimum atomic E-state index is -0.952. The average molecular weight is 714 g/mol. The summed E-state index contributed by atoms with van der Waals surface area (Å²) in [5.74, 6) is -2.09. The van der Waals surface area contributed by atoms with Gasteiger partial charge in [0.05, 0.1) is 39.8 Å². The van der Waals surface area contributed by atoms with Crippen LogP contribution in [-0.4, -0.2) is 85.4 Å². The zero-order chi connectivity index (χ0) is 37.4. The highest BCUT2D eigenvalue weighted by Crippen LogP contribution is 2.17. The van der Waals surface area contributed by atoms with Crippen molar-refractivity contribution in [1.29, 1.82) is 0 Å². The van der Waals surface area contributed by atoms with Gasteiger partial charge in [0, 0.05) is 32.1 Å². The maximum Gasteiger partial charge on any atom is 0.306 e. The molecule has 1 N–H and O–H groups in total. The van der Waals surface area contributed by atoms with Gasteiger partial charge in [-0.2, -0.15) is 0 Å². The van der Waals surface area contributed by atoms with Crippen LogP contribution >= 0.6 is 0 Å². The molecular weight excluding hydrogens is 642 g/mol. The molecule has 1 heterocycles. The summed E-state index contributed by atoms with van der Waals surface area (Å²) in [6, 6.07) is 0. The summed E-state index contributed by atoms with van der Waals surface area (Å²) < 4.78 is 20.7. The second kappa shape index (κ2) is 32.2. The number of rotatable bonds is 28. The lowest BCUT2D eigenvalue weighted by Crippen LogP contribution is -2.32. The molecule has 50 heavy (non-hydrogen) atoms. The molecule has 0 spiro atoms. The molecular formula is C39H71NO10. The third-order valence-electron chi connectivity index (χ3n) is 8.81. The van der Waals surface area contributed by atoms with Gasteiger partial charge in [0.2, 0.25) is 5.91 Å². The Hall–Kier alpha value is -2.69. The van der Waals surface area contributed by atoms with Gasteiger partial charge in [-0.25, -0.2) is 0 Å². The number of carbonyl (C=O) groups is 5. The molecule has 1 aliphatic rings. The van der Waals surface area contributed by atoms with Gasteiger partial charge >= 0.3 is 23.9 Å². The van der Waals surface area contributed by atoms with Crippen molar-refractivity contribution >= 4 is 29.8 Å². The van der Waals surface area contributed by atoms with E-state index in [2.05, 4.69) is 25.5 Å². The highest BCUT2D eigenvalue weighted by molar-refractivity contribution is 5.74. The van der Waals surface area contributed by atoms with Crippen LogP contribution in [0.4, 0.5) is 0 Å². The molecule has 11 heteroatoms. The number of likely N-dealkylation sites (tertiary alicyclic amines) is 1. The lowest BCUT2D eigenvalue weighted by Gasteiger charge is -2.19. The molecule has 0 aliphatic carbocycles. The summed E-state index contributed by atoms with van der Waals surface area (Å²) in [5, 5.41) is 10.1. The number of methoxy groups -OCH3 is 1. The number of carbonyl (C=O) groups excluding carboxylic acids is 5. The fourth-order valence-corrected chi connectivity index (χ4v) is 5.57. The molecule has 0 bridgehead atoms. The van der Waals surface area contributed by atoms with Crippen LogP contribution in [-0.2, 0) is 42.9 Å². The Morgan fingerprint density at radius 1 is 0.600 bits per heavy atom. The summed E-state index contributed by atoms with van der Waals surface area (Å²) in [6.45, 7) is 8.05. The molecule has 1 aliphatic heterocycles. The molecule has 292 valence electrons. The van der Waals surface area contributed by atoms with Crippen LogP contribution in [0.1, 0.15) is 169 Å². The summed E-state index contributed by atoms with van der Waals surface area (Å²) in [7, 11) is 1.44. The first-order valence-corrected chi connectivity index (χ1v) is 19.6. The van der Waals surface area contributed by atoms with Gasteiger partial charge in [-0.3, -0.25) is 24.0 Å². The van der Waals surface area contributed by atoms with Gasteiger partial charge in [0.25, 0.3) is 0 Å². The Bertz CT molecular complexity index is 879.